The van der Waals surface area contributed by atoms with Crippen LogP contribution >= 0.6 is 28.7 Å². The molecule has 1 aliphatic heterocycles. The first-order chi connectivity index (χ1) is 8.74. The van der Waals surface area contributed by atoms with Crippen molar-refractivity contribution in [3.05, 3.63) is 40.8 Å². The van der Waals surface area contributed by atoms with Crippen LogP contribution in [0.25, 0.3) is 6.08 Å². The first-order valence-corrected chi connectivity index (χ1v) is 6.88. The maximum Gasteiger partial charge on any atom is 0.286 e. The molecule has 0 aromatic heterocycles. The van der Waals surface area contributed by atoms with Crippen LogP contribution in [0.2, 0.25) is 0 Å². The van der Waals surface area contributed by atoms with E-state index in [0.717, 1.165) is 23.8 Å². The lowest BCUT2D eigenvalue weighted by Crippen LogP contribution is -2.26. The minimum absolute atomic E-state index is 0. The summed E-state index contributed by atoms with van der Waals surface area (Å²) in [5, 5.41) is 0.812. The number of amides is 1. The molecule has 0 atom stereocenters. The van der Waals surface area contributed by atoms with E-state index in [1.807, 2.05) is 36.4 Å². The fourth-order valence-corrected chi connectivity index (χ4v) is 2.77. The van der Waals surface area contributed by atoms with Gasteiger partial charge < -0.3 is 4.90 Å². The number of amidine groups is 1. The van der Waals surface area contributed by atoms with Gasteiger partial charge in [-0.1, -0.05) is 30.3 Å². The lowest BCUT2D eigenvalue weighted by atomic mass is 10.2. The average Bonchev–Trinajstić information content (AvgIpc) is 2.74. The van der Waals surface area contributed by atoms with Crippen molar-refractivity contribution in [2.45, 2.75) is 13.8 Å². The van der Waals surface area contributed by atoms with E-state index < -0.39 is 0 Å². The second kappa shape index (κ2) is 7.50. The van der Waals surface area contributed by atoms with Gasteiger partial charge in [0.1, 0.15) is 0 Å². The summed E-state index contributed by atoms with van der Waals surface area (Å²) in [4.78, 5) is 18.7. The van der Waals surface area contributed by atoms with E-state index >= 15 is 0 Å². The van der Waals surface area contributed by atoms with Crippen LogP contribution in [0.3, 0.4) is 0 Å². The largest absolute Gasteiger partial charge is 0.351 e. The van der Waals surface area contributed by atoms with E-state index in [1.165, 1.54) is 11.8 Å². The monoisotopic (exact) mass is 340 g/mol. The number of rotatable bonds is 3. The summed E-state index contributed by atoms with van der Waals surface area (Å²) in [5.74, 6) is -0.134. The van der Waals surface area contributed by atoms with Crippen molar-refractivity contribution in [2.75, 3.05) is 13.1 Å². The van der Waals surface area contributed by atoms with Crippen LogP contribution in [0.1, 0.15) is 19.4 Å². The van der Waals surface area contributed by atoms with Gasteiger partial charge in [-0.3, -0.25) is 4.79 Å². The first-order valence-electron chi connectivity index (χ1n) is 6.07. The highest BCUT2D eigenvalue weighted by molar-refractivity contribution is 8.93. The van der Waals surface area contributed by atoms with E-state index in [1.54, 1.807) is 0 Å². The molecule has 0 saturated carbocycles. The molecule has 0 N–H and O–H groups in total. The number of hydrogen-bond acceptors (Lipinski definition) is 3. The summed E-state index contributed by atoms with van der Waals surface area (Å²) >= 11 is 1.46. The molecule has 0 bridgehead atoms. The zero-order valence-corrected chi connectivity index (χ0v) is 13.5. The van der Waals surface area contributed by atoms with Gasteiger partial charge in [0.2, 0.25) is 0 Å². The van der Waals surface area contributed by atoms with Crippen molar-refractivity contribution < 1.29 is 4.79 Å². The predicted octanol–water partition coefficient (Wildman–Crippen LogP) is 3.58. The van der Waals surface area contributed by atoms with Crippen LogP contribution < -0.4 is 0 Å². The van der Waals surface area contributed by atoms with E-state index in [2.05, 4.69) is 23.7 Å². The Balaban J connectivity index is 0.00000180. The Morgan fingerprint density at radius 1 is 1.21 bits per heavy atom. The van der Waals surface area contributed by atoms with Crippen LogP contribution in [-0.4, -0.2) is 29.1 Å². The number of carbonyl (C=O) groups excluding carboxylic acids is 1. The van der Waals surface area contributed by atoms with Gasteiger partial charge >= 0.3 is 0 Å². The van der Waals surface area contributed by atoms with Crippen molar-refractivity contribution in [1.82, 2.24) is 4.90 Å². The zero-order valence-electron chi connectivity index (χ0n) is 11.0. The molecule has 3 nitrogen and oxygen atoms in total. The second-order valence-electron chi connectivity index (χ2n) is 3.89. The molecule has 0 spiro atoms. The van der Waals surface area contributed by atoms with E-state index in [-0.39, 0.29) is 22.9 Å². The Bertz CT molecular complexity index is 495. The molecule has 1 amide bonds. The number of halogens is 1. The Labute approximate surface area is 128 Å². The normalized spacial score (nSPS) is 16.2. The highest BCUT2D eigenvalue weighted by Crippen LogP contribution is 2.29. The Morgan fingerprint density at radius 3 is 2.42 bits per heavy atom. The molecule has 0 fully saturated rings. The third-order valence-electron chi connectivity index (χ3n) is 2.74. The molecule has 0 unspecified atom stereocenters. The molecule has 1 aliphatic rings. The van der Waals surface area contributed by atoms with Crippen LogP contribution in [0.5, 0.6) is 0 Å². The molecule has 1 aromatic carbocycles. The summed E-state index contributed by atoms with van der Waals surface area (Å²) in [6.45, 7) is 5.87. The maximum atomic E-state index is 11.8. The van der Waals surface area contributed by atoms with Crippen molar-refractivity contribution in [2.24, 2.45) is 4.99 Å². The molecular formula is C14H17BrN2OS. The average molecular weight is 341 g/mol. The quantitative estimate of drug-likeness (QED) is 0.788. The van der Waals surface area contributed by atoms with Gasteiger partial charge in [0, 0.05) is 13.1 Å². The highest BCUT2D eigenvalue weighted by Gasteiger charge is 2.24. The molecule has 0 radical (unpaired) electrons. The van der Waals surface area contributed by atoms with E-state index in [0.29, 0.717) is 4.91 Å². The first kappa shape index (κ1) is 16.0. The van der Waals surface area contributed by atoms with Crippen molar-refractivity contribution in [3.8, 4) is 0 Å². The Morgan fingerprint density at radius 2 is 1.84 bits per heavy atom. The highest BCUT2D eigenvalue weighted by atomic mass is 79.9. The minimum atomic E-state index is -0.134. The van der Waals surface area contributed by atoms with Gasteiger partial charge in [0.05, 0.1) is 4.91 Å². The van der Waals surface area contributed by atoms with Crippen LogP contribution in [0.4, 0.5) is 0 Å². The number of thioether (sulfide) groups is 1. The Hall–Kier alpha value is -1.07. The third-order valence-corrected chi connectivity index (χ3v) is 3.78. The topological polar surface area (TPSA) is 32.7 Å². The number of benzene rings is 1. The molecule has 1 aromatic rings. The molecule has 102 valence electrons. The van der Waals surface area contributed by atoms with Gasteiger partial charge in [-0.05, 0) is 37.2 Å². The molecular weight excluding hydrogens is 324 g/mol. The summed E-state index contributed by atoms with van der Waals surface area (Å²) in [5.41, 5.74) is 1.03. The molecule has 2 rings (SSSR count). The number of nitrogens with zero attached hydrogens (tertiary/aromatic N) is 2. The van der Waals surface area contributed by atoms with Crippen molar-refractivity contribution >= 4 is 45.9 Å². The summed E-state index contributed by atoms with van der Waals surface area (Å²) < 4.78 is 0. The van der Waals surface area contributed by atoms with Crippen LogP contribution in [0, 0.1) is 0 Å². The number of aliphatic imine (C=N–C) groups is 1. The number of carbonyl (C=O) groups is 1. The fraction of sp³-hybridized carbons (Fsp3) is 0.286. The van der Waals surface area contributed by atoms with Crippen molar-refractivity contribution in [3.63, 3.8) is 0 Å². The summed E-state index contributed by atoms with van der Waals surface area (Å²) in [6, 6.07) is 9.85. The second-order valence-corrected chi connectivity index (χ2v) is 4.90. The molecule has 19 heavy (non-hydrogen) atoms. The number of hydrogen-bond donors (Lipinski definition) is 0. The minimum Gasteiger partial charge on any atom is -0.351 e. The Kier molecular flexibility index (Phi) is 6.31. The smallest absolute Gasteiger partial charge is 0.286 e. The van der Waals surface area contributed by atoms with Gasteiger partial charge in [-0.2, -0.15) is 4.99 Å². The van der Waals surface area contributed by atoms with Gasteiger partial charge in [-0.25, -0.2) is 0 Å². The SMILES string of the molecule is Br.CCN(CC)C1=NC(=O)/C(=C/c2ccccc2)S1. The van der Waals surface area contributed by atoms with Crippen LogP contribution in [0.15, 0.2) is 40.2 Å². The standard InChI is InChI=1S/C14H16N2OS.BrH/c1-3-16(4-2)14-15-13(17)12(18-14)10-11-8-6-5-7-9-11;/h5-10H,3-4H2,1-2H3;1H/b12-10-;. The predicted molar refractivity (Wildman–Crippen MR) is 87.7 cm³/mol. The van der Waals surface area contributed by atoms with Crippen LogP contribution in [-0.2, 0) is 4.79 Å². The van der Waals surface area contributed by atoms with Crippen molar-refractivity contribution in [1.29, 1.82) is 0 Å². The van der Waals surface area contributed by atoms with E-state index in [4.69, 9.17) is 0 Å². The zero-order chi connectivity index (χ0) is 13.0. The van der Waals surface area contributed by atoms with Gasteiger partial charge in [-0.15, -0.1) is 17.0 Å². The van der Waals surface area contributed by atoms with Gasteiger partial charge in [0.25, 0.3) is 5.91 Å². The fourth-order valence-electron chi connectivity index (χ4n) is 1.73. The summed E-state index contributed by atoms with van der Waals surface area (Å²) in [6.07, 6.45) is 1.90. The lowest BCUT2D eigenvalue weighted by molar-refractivity contribution is -0.113. The van der Waals surface area contributed by atoms with Gasteiger partial charge in [0.15, 0.2) is 5.17 Å². The third kappa shape index (κ3) is 3.94. The molecule has 5 heteroatoms. The maximum absolute atomic E-state index is 11.8. The summed E-state index contributed by atoms with van der Waals surface area (Å²) in [7, 11) is 0. The molecule has 1 heterocycles. The molecule has 0 saturated heterocycles. The lowest BCUT2D eigenvalue weighted by Gasteiger charge is -2.18. The van der Waals surface area contributed by atoms with E-state index in [9.17, 15) is 4.79 Å². The molecule has 0 aliphatic carbocycles.